The van der Waals surface area contributed by atoms with Gasteiger partial charge < -0.3 is 19.3 Å². The van der Waals surface area contributed by atoms with Crippen LogP contribution in [0.5, 0.6) is 17.2 Å². The predicted molar refractivity (Wildman–Crippen MR) is 84.4 cm³/mol. The molecule has 23 heavy (non-hydrogen) atoms. The molecule has 0 aliphatic carbocycles. The molecule has 1 aliphatic heterocycles. The maximum absolute atomic E-state index is 10.8. The van der Waals surface area contributed by atoms with Crippen LogP contribution in [0.4, 0.5) is 5.69 Å². The predicted octanol–water partition coefficient (Wildman–Crippen LogP) is 3.26. The quantitative estimate of drug-likeness (QED) is 0.857. The van der Waals surface area contributed by atoms with E-state index in [1.165, 1.54) is 12.1 Å². The van der Waals surface area contributed by atoms with Gasteiger partial charge in [-0.05, 0) is 37.3 Å². The molecule has 1 N–H and O–H groups in total. The lowest BCUT2D eigenvalue weighted by atomic mass is 10.2. The third kappa shape index (κ3) is 3.26. The van der Waals surface area contributed by atoms with Gasteiger partial charge in [-0.2, -0.15) is 0 Å². The van der Waals surface area contributed by atoms with E-state index in [9.17, 15) is 4.79 Å². The average molecular weight is 313 g/mol. The number of carboxylic acid groups (broad SMARTS) is 1. The SMILES string of the molecule is CCOc1cc2c(cc1C=Nc1ccc(C(=O)O)cc1)OCO2. The summed E-state index contributed by atoms with van der Waals surface area (Å²) in [5.74, 6) is 0.991. The number of nitrogens with zero attached hydrogens (tertiary/aromatic N) is 1. The number of ether oxygens (including phenoxy) is 3. The molecule has 1 aliphatic rings. The van der Waals surface area contributed by atoms with Gasteiger partial charge in [0.05, 0.1) is 17.9 Å². The maximum Gasteiger partial charge on any atom is 0.335 e. The number of carbonyl (C=O) groups is 1. The van der Waals surface area contributed by atoms with Crippen molar-refractivity contribution in [2.45, 2.75) is 6.92 Å². The molecule has 0 amide bonds. The van der Waals surface area contributed by atoms with Gasteiger partial charge in [-0.15, -0.1) is 0 Å². The molecule has 0 saturated heterocycles. The minimum absolute atomic E-state index is 0.193. The van der Waals surface area contributed by atoms with Gasteiger partial charge >= 0.3 is 5.97 Å². The van der Waals surface area contributed by atoms with Crippen molar-refractivity contribution in [3.8, 4) is 17.2 Å². The Morgan fingerprint density at radius 1 is 1.26 bits per heavy atom. The Morgan fingerprint density at radius 3 is 2.61 bits per heavy atom. The van der Waals surface area contributed by atoms with Crippen LogP contribution in [0.15, 0.2) is 41.4 Å². The molecular weight excluding hydrogens is 298 g/mol. The Kier molecular flexibility index (Phi) is 4.14. The van der Waals surface area contributed by atoms with E-state index in [2.05, 4.69) is 4.99 Å². The fraction of sp³-hybridized carbons (Fsp3) is 0.176. The molecule has 118 valence electrons. The first-order valence-corrected chi connectivity index (χ1v) is 7.11. The average Bonchev–Trinajstić information content (AvgIpc) is 3.00. The van der Waals surface area contributed by atoms with Crippen LogP contribution in [0.2, 0.25) is 0 Å². The second kappa shape index (κ2) is 6.39. The molecule has 0 fully saturated rings. The Morgan fingerprint density at radius 2 is 1.96 bits per heavy atom. The van der Waals surface area contributed by atoms with Crippen molar-refractivity contribution >= 4 is 17.9 Å². The number of aromatic carboxylic acids is 1. The topological polar surface area (TPSA) is 77.4 Å². The zero-order chi connectivity index (χ0) is 16.2. The molecule has 0 spiro atoms. The van der Waals surface area contributed by atoms with E-state index in [4.69, 9.17) is 19.3 Å². The van der Waals surface area contributed by atoms with Crippen LogP contribution in [0.3, 0.4) is 0 Å². The van der Waals surface area contributed by atoms with Gasteiger partial charge in [0.25, 0.3) is 0 Å². The lowest BCUT2D eigenvalue weighted by molar-refractivity contribution is 0.0697. The molecule has 2 aromatic rings. The van der Waals surface area contributed by atoms with E-state index >= 15 is 0 Å². The zero-order valence-electron chi connectivity index (χ0n) is 12.5. The molecule has 0 unspecified atom stereocenters. The van der Waals surface area contributed by atoms with Crippen LogP contribution in [-0.2, 0) is 0 Å². The number of hydrogen-bond acceptors (Lipinski definition) is 5. The van der Waals surface area contributed by atoms with Crippen molar-refractivity contribution in [3.05, 3.63) is 47.5 Å². The molecule has 0 radical (unpaired) electrons. The Hall–Kier alpha value is -3.02. The summed E-state index contributed by atoms with van der Waals surface area (Å²) in [6.45, 7) is 2.61. The Balaban J connectivity index is 1.87. The first-order valence-electron chi connectivity index (χ1n) is 7.11. The van der Waals surface area contributed by atoms with Crippen molar-refractivity contribution in [1.29, 1.82) is 0 Å². The molecular formula is C17H15NO5. The number of aliphatic imine (C=N–C) groups is 1. The smallest absolute Gasteiger partial charge is 0.335 e. The van der Waals surface area contributed by atoms with Crippen LogP contribution in [-0.4, -0.2) is 30.7 Å². The molecule has 0 saturated carbocycles. The van der Waals surface area contributed by atoms with E-state index < -0.39 is 5.97 Å². The van der Waals surface area contributed by atoms with Crippen molar-refractivity contribution in [2.75, 3.05) is 13.4 Å². The van der Waals surface area contributed by atoms with E-state index in [1.807, 2.05) is 13.0 Å². The van der Waals surface area contributed by atoms with Crippen LogP contribution in [0, 0.1) is 0 Å². The second-order valence-corrected chi connectivity index (χ2v) is 4.79. The first-order chi connectivity index (χ1) is 11.2. The third-order valence-electron chi connectivity index (χ3n) is 3.27. The molecule has 0 aromatic heterocycles. The summed E-state index contributed by atoms with van der Waals surface area (Å²) in [6, 6.07) is 9.90. The fourth-order valence-corrected chi connectivity index (χ4v) is 2.15. The Labute approximate surface area is 132 Å². The molecule has 0 atom stereocenters. The summed E-state index contributed by atoms with van der Waals surface area (Å²) in [5.41, 5.74) is 1.63. The van der Waals surface area contributed by atoms with Gasteiger partial charge in [0.1, 0.15) is 5.75 Å². The van der Waals surface area contributed by atoms with E-state index in [-0.39, 0.29) is 12.4 Å². The molecule has 2 aromatic carbocycles. The van der Waals surface area contributed by atoms with Gasteiger partial charge in [-0.1, -0.05) is 0 Å². The van der Waals surface area contributed by atoms with Gasteiger partial charge in [0.15, 0.2) is 11.5 Å². The summed E-state index contributed by atoms with van der Waals surface area (Å²) < 4.78 is 16.3. The minimum atomic E-state index is -0.963. The monoisotopic (exact) mass is 313 g/mol. The van der Waals surface area contributed by atoms with Crippen molar-refractivity contribution < 1.29 is 24.1 Å². The van der Waals surface area contributed by atoms with Crippen LogP contribution in [0.1, 0.15) is 22.8 Å². The lowest BCUT2D eigenvalue weighted by Gasteiger charge is -2.08. The zero-order valence-corrected chi connectivity index (χ0v) is 12.5. The van der Waals surface area contributed by atoms with Gasteiger partial charge in [0, 0.05) is 17.8 Å². The maximum atomic E-state index is 10.8. The number of hydrogen-bond donors (Lipinski definition) is 1. The highest BCUT2D eigenvalue weighted by molar-refractivity contribution is 5.89. The largest absolute Gasteiger partial charge is 0.493 e. The van der Waals surface area contributed by atoms with Crippen LogP contribution < -0.4 is 14.2 Å². The molecule has 3 rings (SSSR count). The standard InChI is InChI=1S/C17H15NO5/c1-2-21-14-8-16-15(22-10-23-16)7-12(14)9-18-13-5-3-11(4-6-13)17(19)20/h3-9H,2,10H2,1H3,(H,19,20). The Bertz CT molecular complexity index is 752. The summed E-state index contributed by atoms with van der Waals surface area (Å²) in [7, 11) is 0. The van der Waals surface area contributed by atoms with E-state index in [0.29, 0.717) is 29.5 Å². The number of rotatable bonds is 5. The van der Waals surface area contributed by atoms with Crippen molar-refractivity contribution in [3.63, 3.8) is 0 Å². The summed E-state index contributed by atoms with van der Waals surface area (Å²) in [5, 5.41) is 8.89. The minimum Gasteiger partial charge on any atom is -0.493 e. The highest BCUT2D eigenvalue weighted by Gasteiger charge is 2.17. The van der Waals surface area contributed by atoms with Gasteiger partial charge in [-0.3, -0.25) is 4.99 Å². The summed E-state index contributed by atoms with van der Waals surface area (Å²) >= 11 is 0. The van der Waals surface area contributed by atoms with Gasteiger partial charge in [-0.25, -0.2) is 4.79 Å². The highest BCUT2D eigenvalue weighted by Crippen LogP contribution is 2.37. The van der Waals surface area contributed by atoms with Crippen molar-refractivity contribution in [2.24, 2.45) is 4.99 Å². The first kappa shape index (κ1) is 14.9. The van der Waals surface area contributed by atoms with Crippen molar-refractivity contribution in [1.82, 2.24) is 0 Å². The fourth-order valence-electron chi connectivity index (χ4n) is 2.15. The van der Waals surface area contributed by atoms with Crippen LogP contribution >= 0.6 is 0 Å². The molecule has 6 nitrogen and oxygen atoms in total. The third-order valence-corrected chi connectivity index (χ3v) is 3.27. The van der Waals surface area contributed by atoms with Gasteiger partial charge in [0.2, 0.25) is 6.79 Å². The number of carboxylic acids is 1. The number of benzene rings is 2. The lowest BCUT2D eigenvalue weighted by Crippen LogP contribution is -1.96. The van der Waals surface area contributed by atoms with Crippen LogP contribution in [0.25, 0.3) is 0 Å². The molecule has 0 bridgehead atoms. The molecule has 6 heteroatoms. The van der Waals surface area contributed by atoms with E-state index in [0.717, 1.165) is 5.56 Å². The summed E-state index contributed by atoms with van der Waals surface area (Å²) in [6.07, 6.45) is 1.66. The second-order valence-electron chi connectivity index (χ2n) is 4.79. The number of fused-ring (bicyclic) bond motifs is 1. The summed E-state index contributed by atoms with van der Waals surface area (Å²) in [4.78, 5) is 15.2. The molecule has 1 heterocycles. The van der Waals surface area contributed by atoms with E-state index in [1.54, 1.807) is 24.4 Å². The normalized spacial score (nSPS) is 12.6. The highest BCUT2D eigenvalue weighted by atomic mass is 16.7.